The van der Waals surface area contributed by atoms with Crippen LogP contribution >= 0.6 is 0 Å². The Morgan fingerprint density at radius 1 is 1.18 bits per heavy atom. The smallest absolute Gasteiger partial charge is 0.112 e. The SMILES string of the molecule is C=CC.C=Cc1c(C)n(C)c2cc(C(/C=C\C(=C)OC3CCC3)=C/C)ccc12. The van der Waals surface area contributed by atoms with Gasteiger partial charge in [0.25, 0.3) is 0 Å². The molecular weight excluding hydrogens is 342 g/mol. The number of hydrogen-bond donors (Lipinski definition) is 0. The number of benzene rings is 1. The van der Waals surface area contributed by atoms with Gasteiger partial charge in [-0.05, 0) is 63.3 Å². The van der Waals surface area contributed by atoms with E-state index in [0.717, 1.165) is 18.6 Å². The summed E-state index contributed by atoms with van der Waals surface area (Å²) in [6.45, 7) is 17.4. The van der Waals surface area contributed by atoms with Crippen molar-refractivity contribution >= 4 is 22.6 Å². The summed E-state index contributed by atoms with van der Waals surface area (Å²) in [4.78, 5) is 0. The van der Waals surface area contributed by atoms with Crippen molar-refractivity contribution in [3.63, 3.8) is 0 Å². The molecule has 2 nitrogen and oxygen atoms in total. The lowest BCUT2D eigenvalue weighted by Crippen LogP contribution is -2.20. The fourth-order valence-electron chi connectivity index (χ4n) is 3.31. The number of allylic oxidation sites excluding steroid dienone is 5. The summed E-state index contributed by atoms with van der Waals surface area (Å²) in [5, 5.41) is 1.25. The molecule has 0 radical (unpaired) electrons. The Balaban J connectivity index is 0.000000878. The van der Waals surface area contributed by atoms with Crippen molar-refractivity contribution in [2.75, 3.05) is 0 Å². The summed E-state index contributed by atoms with van der Waals surface area (Å²) in [6.07, 6.45) is 13.8. The Labute approximate surface area is 170 Å². The van der Waals surface area contributed by atoms with Gasteiger partial charge in [0.05, 0.1) is 6.10 Å². The van der Waals surface area contributed by atoms with E-state index in [4.69, 9.17) is 4.74 Å². The molecule has 2 aromatic rings. The van der Waals surface area contributed by atoms with Crippen LogP contribution in [-0.2, 0) is 11.8 Å². The normalized spacial score (nSPS) is 14.4. The third-order valence-corrected chi connectivity index (χ3v) is 5.21. The second-order valence-electron chi connectivity index (χ2n) is 7.12. The number of ether oxygens (including phenoxy) is 1. The topological polar surface area (TPSA) is 14.2 Å². The van der Waals surface area contributed by atoms with Crippen molar-refractivity contribution in [2.45, 2.75) is 46.1 Å². The maximum Gasteiger partial charge on any atom is 0.112 e. The highest BCUT2D eigenvalue weighted by Gasteiger charge is 2.18. The maximum absolute atomic E-state index is 5.82. The molecule has 0 unspecified atom stereocenters. The lowest BCUT2D eigenvalue weighted by molar-refractivity contribution is 0.0599. The molecule has 0 bridgehead atoms. The molecule has 1 aromatic heterocycles. The van der Waals surface area contributed by atoms with Gasteiger partial charge in [-0.3, -0.25) is 0 Å². The minimum atomic E-state index is 0.367. The minimum absolute atomic E-state index is 0.367. The number of aromatic nitrogens is 1. The molecule has 1 heterocycles. The first-order valence-corrected chi connectivity index (χ1v) is 9.95. The van der Waals surface area contributed by atoms with Crippen LogP contribution in [0.4, 0.5) is 0 Å². The van der Waals surface area contributed by atoms with Crippen molar-refractivity contribution in [3.8, 4) is 0 Å². The number of aryl methyl sites for hydroxylation is 1. The van der Waals surface area contributed by atoms with Crippen molar-refractivity contribution in [1.82, 2.24) is 4.57 Å². The van der Waals surface area contributed by atoms with E-state index in [-0.39, 0.29) is 0 Å². The van der Waals surface area contributed by atoms with Crippen molar-refractivity contribution in [2.24, 2.45) is 7.05 Å². The van der Waals surface area contributed by atoms with Crippen molar-refractivity contribution < 1.29 is 4.74 Å². The zero-order valence-electron chi connectivity index (χ0n) is 17.8. The van der Waals surface area contributed by atoms with Gasteiger partial charge in [0.2, 0.25) is 0 Å². The molecule has 1 aliphatic rings. The molecule has 0 atom stereocenters. The molecule has 0 N–H and O–H groups in total. The third-order valence-electron chi connectivity index (χ3n) is 5.21. The molecule has 1 aromatic carbocycles. The first-order valence-electron chi connectivity index (χ1n) is 9.95. The van der Waals surface area contributed by atoms with Crippen LogP contribution in [-0.4, -0.2) is 10.7 Å². The highest BCUT2D eigenvalue weighted by Crippen LogP contribution is 2.29. The molecule has 0 aliphatic heterocycles. The van der Waals surface area contributed by atoms with Gasteiger partial charge in [0.15, 0.2) is 0 Å². The van der Waals surface area contributed by atoms with Gasteiger partial charge in [-0.1, -0.05) is 49.6 Å². The Kier molecular flexibility index (Phi) is 7.69. The maximum atomic E-state index is 5.82. The van der Waals surface area contributed by atoms with Gasteiger partial charge in [-0.25, -0.2) is 0 Å². The molecule has 0 amide bonds. The van der Waals surface area contributed by atoms with Crippen LogP contribution in [0.2, 0.25) is 0 Å². The van der Waals surface area contributed by atoms with Crippen LogP contribution in [0.3, 0.4) is 0 Å². The second kappa shape index (κ2) is 9.98. The van der Waals surface area contributed by atoms with E-state index in [0.29, 0.717) is 6.10 Å². The third kappa shape index (κ3) is 4.75. The average molecular weight is 376 g/mol. The Morgan fingerprint density at radius 3 is 2.39 bits per heavy atom. The number of rotatable bonds is 6. The summed E-state index contributed by atoms with van der Waals surface area (Å²) < 4.78 is 8.04. The quantitative estimate of drug-likeness (QED) is 0.292. The summed E-state index contributed by atoms with van der Waals surface area (Å²) in [5.41, 5.74) is 6.03. The lowest BCUT2D eigenvalue weighted by Gasteiger charge is -2.26. The highest BCUT2D eigenvalue weighted by atomic mass is 16.5. The molecule has 3 rings (SSSR count). The molecule has 2 heteroatoms. The monoisotopic (exact) mass is 375 g/mol. The predicted octanol–water partition coefficient (Wildman–Crippen LogP) is 7.36. The summed E-state index contributed by atoms with van der Waals surface area (Å²) in [6, 6.07) is 6.60. The fourth-order valence-corrected chi connectivity index (χ4v) is 3.31. The van der Waals surface area contributed by atoms with E-state index in [1.165, 1.54) is 39.7 Å². The van der Waals surface area contributed by atoms with E-state index in [2.05, 4.69) is 75.6 Å². The fraction of sp³-hybridized carbons (Fsp3) is 0.308. The number of hydrogen-bond acceptors (Lipinski definition) is 1. The summed E-state index contributed by atoms with van der Waals surface area (Å²) >= 11 is 0. The zero-order valence-corrected chi connectivity index (χ0v) is 17.8. The van der Waals surface area contributed by atoms with Gasteiger partial charge < -0.3 is 9.30 Å². The van der Waals surface area contributed by atoms with Gasteiger partial charge in [0, 0.05) is 29.2 Å². The van der Waals surface area contributed by atoms with Crippen LogP contribution in [0, 0.1) is 6.92 Å². The Bertz CT molecular complexity index is 920. The lowest BCUT2D eigenvalue weighted by atomic mass is 9.96. The van der Waals surface area contributed by atoms with Gasteiger partial charge in [-0.15, -0.1) is 6.58 Å². The van der Waals surface area contributed by atoms with Gasteiger partial charge >= 0.3 is 0 Å². The number of fused-ring (bicyclic) bond motifs is 1. The van der Waals surface area contributed by atoms with Crippen LogP contribution < -0.4 is 0 Å². The van der Waals surface area contributed by atoms with E-state index in [9.17, 15) is 0 Å². The number of nitrogens with zero attached hydrogens (tertiary/aromatic N) is 1. The Hall–Kier alpha value is -2.74. The predicted molar refractivity (Wildman–Crippen MR) is 124 cm³/mol. The van der Waals surface area contributed by atoms with Crippen molar-refractivity contribution in [1.29, 1.82) is 0 Å². The molecule has 1 aliphatic carbocycles. The molecule has 28 heavy (non-hydrogen) atoms. The molecule has 0 spiro atoms. The van der Waals surface area contributed by atoms with E-state index >= 15 is 0 Å². The first kappa shape index (κ1) is 21.6. The van der Waals surface area contributed by atoms with Gasteiger partial charge in [0.1, 0.15) is 5.76 Å². The molecule has 1 fully saturated rings. The van der Waals surface area contributed by atoms with E-state index in [1.807, 2.05) is 19.1 Å². The molecular formula is C26H33NO. The van der Waals surface area contributed by atoms with Crippen LogP contribution in [0.1, 0.15) is 49.9 Å². The van der Waals surface area contributed by atoms with E-state index in [1.54, 1.807) is 6.08 Å². The molecule has 0 saturated heterocycles. The second-order valence-corrected chi connectivity index (χ2v) is 7.12. The molecule has 1 saturated carbocycles. The zero-order chi connectivity index (χ0) is 20.7. The van der Waals surface area contributed by atoms with Crippen LogP contribution in [0.15, 0.2) is 68.0 Å². The average Bonchev–Trinajstić information content (AvgIpc) is 2.89. The van der Waals surface area contributed by atoms with Crippen LogP contribution in [0.5, 0.6) is 0 Å². The minimum Gasteiger partial charge on any atom is -0.491 e. The largest absolute Gasteiger partial charge is 0.491 e. The summed E-state index contributed by atoms with van der Waals surface area (Å²) in [7, 11) is 2.11. The standard InChI is InChI=1S/C23H27NO.C3H6/c1-6-18(12-11-16(3)25-20-9-8-10-20)19-13-14-22-21(7-2)17(4)24(5)23(22)15-19;1-3-2/h6-7,11-15,20H,2-3,8-10H2,1,4-5H3;3H,1H2,2H3/b12-11-,18-6+;. The van der Waals surface area contributed by atoms with Crippen LogP contribution in [0.25, 0.3) is 22.6 Å². The van der Waals surface area contributed by atoms with E-state index < -0.39 is 0 Å². The summed E-state index contributed by atoms with van der Waals surface area (Å²) in [5.74, 6) is 0.744. The highest BCUT2D eigenvalue weighted by molar-refractivity contribution is 5.93. The van der Waals surface area contributed by atoms with Gasteiger partial charge in [-0.2, -0.15) is 0 Å². The Morgan fingerprint density at radius 2 is 1.86 bits per heavy atom. The van der Waals surface area contributed by atoms with Crippen molar-refractivity contribution in [3.05, 3.63) is 84.8 Å². The first-order chi connectivity index (χ1) is 13.5. The molecule has 148 valence electrons.